The first-order chi connectivity index (χ1) is 12.6. The van der Waals surface area contributed by atoms with Crippen LogP contribution in [0.4, 0.5) is 5.69 Å². The van der Waals surface area contributed by atoms with Gasteiger partial charge in [0.25, 0.3) is 0 Å². The first-order valence-electron chi connectivity index (χ1n) is 8.22. The van der Waals surface area contributed by atoms with Crippen molar-refractivity contribution >= 4 is 44.8 Å². The Kier molecular flexibility index (Phi) is 4.26. The molecule has 130 valence electrons. The molecule has 0 aliphatic carbocycles. The summed E-state index contributed by atoms with van der Waals surface area (Å²) in [6.45, 7) is -0.307. The molecule has 26 heavy (non-hydrogen) atoms. The molecular formula is C20H15NO4S. The van der Waals surface area contributed by atoms with E-state index < -0.39 is 5.97 Å². The first kappa shape index (κ1) is 16.5. The normalized spacial score (nSPS) is 13.2. The second kappa shape index (κ2) is 6.72. The number of benzene rings is 2. The van der Waals surface area contributed by atoms with Gasteiger partial charge < -0.3 is 10.1 Å². The molecule has 0 saturated carbocycles. The van der Waals surface area contributed by atoms with Crippen molar-refractivity contribution in [3.63, 3.8) is 0 Å². The number of fused-ring (bicyclic) bond motifs is 2. The molecule has 6 heteroatoms. The van der Waals surface area contributed by atoms with Gasteiger partial charge in [-0.25, -0.2) is 4.79 Å². The van der Waals surface area contributed by atoms with Gasteiger partial charge in [-0.2, -0.15) is 0 Å². The van der Waals surface area contributed by atoms with Gasteiger partial charge in [-0.1, -0.05) is 18.2 Å². The Balaban J connectivity index is 1.43. The lowest BCUT2D eigenvalue weighted by atomic mass is 9.99. The highest BCUT2D eigenvalue weighted by atomic mass is 32.1. The van der Waals surface area contributed by atoms with Crippen molar-refractivity contribution in [2.24, 2.45) is 0 Å². The molecule has 2 heterocycles. The standard InChI is InChI=1S/C20H15NO4S/c22-16(13-5-7-15-12(9-13)6-8-19(23)21-15)11-25-20(24)18-10-14-3-1-2-4-17(14)26-18/h1-5,7,9-10H,6,8,11H2,(H,21,23). The number of carbonyl (C=O) groups excluding carboxylic acids is 3. The third-order valence-electron chi connectivity index (χ3n) is 4.28. The Morgan fingerprint density at radius 3 is 2.77 bits per heavy atom. The predicted octanol–water partition coefficient (Wildman–Crippen LogP) is 3.83. The molecule has 0 atom stereocenters. The maximum Gasteiger partial charge on any atom is 0.348 e. The summed E-state index contributed by atoms with van der Waals surface area (Å²) in [5.74, 6) is -0.780. The van der Waals surface area contributed by atoms with E-state index in [1.54, 1.807) is 24.3 Å². The van der Waals surface area contributed by atoms with Gasteiger partial charge in [-0.15, -0.1) is 11.3 Å². The number of ether oxygens (including phenoxy) is 1. The summed E-state index contributed by atoms with van der Waals surface area (Å²) in [7, 11) is 0. The molecular weight excluding hydrogens is 350 g/mol. The highest BCUT2D eigenvalue weighted by molar-refractivity contribution is 7.20. The molecule has 5 nitrogen and oxygen atoms in total. The van der Waals surface area contributed by atoms with Gasteiger partial charge in [0.05, 0.1) is 0 Å². The van der Waals surface area contributed by atoms with Crippen molar-refractivity contribution < 1.29 is 19.1 Å². The van der Waals surface area contributed by atoms with E-state index in [2.05, 4.69) is 5.32 Å². The number of thiophene rings is 1. The monoisotopic (exact) mass is 365 g/mol. The highest BCUT2D eigenvalue weighted by Crippen LogP contribution is 2.26. The summed E-state index contributed by atoms with van der Waals surface area (Å²) in [5.41, 5.74) is 2.13. The summed E-state index contributed by atoms with van der Waals surface area (Å²) >= 11 is 1.35. The maximum atomic E-state index is 12.3. The van der Waals surface area contributed by atoms with E-state index in [4.69, 9.17) is 4.74 Å². The minimum absolute atomic E-state index is 0.0196. The second-order valence-electron chi connectivity index (χ2n) is 6.07. The van der Waals surface area contributed by atoms with Gasteiger partial charge in [-0.05, 0) is 47.7 Å². The lowest BCUT2D eigenvalue weighted by Gasteiger charge is -2.17. The van der Waals surface area contributed by atoms with E-state index in [9.17, 15) is 14.4 Å². The summed E-state index contributed by atoms with van der Waals surface area (Å²) in [6.07, 6.45) is 1.01. The fourth-order valence-electron chi connectivity index (χ4n) is 2.92. The van der Waals surface area contributed by atoms with Crippen LogP contribution in [-0.2, 0) is 16.0 Å². The number of hydrogen-bond donors (Lipinski definition) is 1. The second-order valence-corrected chi connectivity index (χ2v) is 7.15. The Morgan fingerprint density at radius 1 is 1.08 bits per heavy atom. The van der Waals surface area contributed by atoms with Crippen LogP contribution in [-0.4, -0.2) is 24.3 Å². The van der Waals surface area contributed by atoms with E-state index >= 15 is 0 Å². The van der Waals surface area contributed by atoms with Crippen molar-refractivity contribution in [2.75, 3.05) is 11.9 Å². The third kappa shape index (κ3) is 3.23. The Labute approximate surface area is 153 Å². The molecule has 1 amide bonds. The number of anilines is 1. The van der Waals surface area contributed by atoms with Crippen molar-refractivity contribution in [2.45, 2.75) is 12.8 Å². The Morgan fingerprint density at radius 2 is 1.92 bits per heavy atom. The van der Waals surface area contributed by atoms with Crippen molar-refractivity contribution in [1.82, 2.24) is 0 Å². The molecule has 3 aromatic rings. The number of aryl methyl sites for hydroxylation is 1. The van der Waals surface area contributed by atoms with E-state index in [1.165, 1.54) is 11.3 Å². The zero-order valence-electron chi connectivity index (χ0n) is 13.8. The van der Waals surface area contributed by atoms with E-state index in [-0.39, 0.29) is 18.3 Å². The topological polar surface area (TPSA) is 72.5 Å². The zero-order chi connectivity index (χ0) is 18.1. The number of amides is 1. The number of rotatable bonds is 4. The summed E-state index contributed by atoms with van der Waals surface area (Å²) in [5, 5.41) is 3.76. The minimum Gasteiger partial charge on any atom is -0.453 e. The summed E-state index contributed by atoms with van der Waals surface area (Å²) < 4.78 is 6.19. The number of nitrogens with one attached hydrogen (secondary N) is 1. The lowest BCUT2D eigenvalue weighted by Crippen LogP contribution is -2.20. The minimum atomic E-state index is -0.496. The van der Waals surface area contributed by atoms with Gasteiger partial charge in [0.15, 0.2) is 12.4 Å². The van der Waals surface area contributed by atoms with Crippen LogP contribution >= 0.6 is 11.3 Å². The van der Waals surface area contributed by atoms with E-state index in [0.29, 0.717) is 23.3 Å². The SMILES string of the molecule is O=C1CCc2cc(C(=O)COC(=O)c3cc4ccccc4s3)ccc2N1. The molecule has 0 unspecified atom stereocenters. The highest BCUT2D eigenvalue weighted by Gasteiger charge is 2.18. The average Bonchev–Trinajstić information content (AvgIpc) is 3.09. The van der Waals surface area contributed by atoms with Gasteiger partial charge in [0.1, 0.15) is 4.88 Å². The van der Waals surface area contributed by atoms with Crippen LogP contribution in [0.1, 0.15) is 32.0 Å². The van der Waals surface area contributed by atoms with Crippen molar-refractivity contribution in [3.8, 4) is 0 Å². The molecule has 0 spiro atoms. The van der Waals surface area contributed by atoms with Gasteiger partial charge >= 0.3 is 5.97 Å². The van der Waals surface area contributed by atoms with Gasteiger partial charge in [0, 0.05) is 22.4 Å². The predicted molar refractivity (Wildman–Crippen MR) is 99.8 cm³/mol. The smallest absolute Gasteiger partial charge is 0.348 e. The third-order valence-corrected chi connectivity index (χ3v) is 5.38. The molecule has 1 N–H and O–H groups in total. The summed E-state index contributed by atoms with van der Waals surface area (Å²) in [4.78, 5) is 36.4. The average molecular weight is 365 g/mol. The molecule has 4 rings (SSSR count). The van der Waals surface area contributed by atoms with Gasteiger partial charge in [-0.3, -0.25) is 9.59 Å². The van der Waals surface area contributed by atoms with Crippen LogP contribution in [0.25, 0.3) is 10.1 Å². The van der Waals surface area contributed by atoms with Crippen LogP contribution in [0.3, 0.4) is 0 Å². The molecule has 0 bridgehead atoms. The van der Waals surface area contributed by atoms with Gasteiger partial charge in [0.2, 0.25) is 5.91 Å². The largest absolute Gasteiger partial charge is 0.453 e. The first-order valence-corrected chi connectivity index (χ1v) is 9.03. The van der Waals surface area contributed by atoms with Crippen molar-refractivity contribution in [3.05, 3.63) is 64.5 Å². The molecule has 1 aromatic heterocycles. The number of ketones is 1. The number of esters is 1. The fourth-order valence-corrected chi connectivity index (χ4v) is 3.88. The molecule has 0 saturated heterocycles. The van der Waals surface area contributed by atoms with Crippen LogP contribution < -0.4 is 5.32 Å². The van der Waals surface area contributed by atoms with Crippen LogP contribution in [0.5, 0.6) is 0 Å². The van der Waals surface area contributed by atoms with Crippen molar-refractivity contribution in [1.29, 1.82) is 0 Å². The van der Waals surface area contributed by atoms with E-state index in [1.807, 2.05) is 24.3 Å². The number of carbonyl (C=O) groups is 3. The molecule has 1 aliphatic heterocycles. The van der Waals surface area contributed by atoms with E-state index in [0.717, 1.165) is 21.3 Å². The van der Waals surface area contributed by atoms with Crippen LogP contribution in [0.15, 0.2) is 48.5 Å². The molecule has 1 aliphatic rings. The zero-order valence-corrected chi connectivity index (χ0v) is 14.6. The van der Waals surface area contributed by atoms with Crippen LogP contribution in [0, 0.1) is 0 Å². The quantitative estimate of drug-likeness (QED) is 0.563. The lowest BCUT2D eigenvalue weighted by molar-refractivity contribution is -0.116. The Bertz CT molecular complexity index is 1000. The molecule has 0 fully saturated rings. The summed E-state index contributed by atoms with van der Waals surface area (Å²) in [6, 6.07) is 14.6. The molecule has 2 aromatic carbocycles. The Hall–Kier alpha value is -2.99. The molecule has 0 radical (unpaired) electrons. The number of Topliss-reactive ketones (excluding diaryl/α,β-unsaturated/α-hetero) is 1. The van der Waals surface area contributed by atoms with Crippen LogP contribution in [0.2, 0.25) is 0 Å². The number of hydrogen-bond acceptors (Lipinski definition) is 5. The maximum absolute atomic E-state index is 12.3. The fraction of sp³-hybridized carbons (Fsp3) is 0.150.